The summed E-state index contributed by atoms with van der Waals surface area (Å²) in [6, 6.07) is 16.7. The molecule has 4 heterocycles. The van der Waals surface area contributed by atoms with E-state index >= 15 is 0 Å². The molecule has 0 spiro atoms. The van der Waals surface area contributed by atoms with E-state index < -0.39 is 0 Å². The SMILES string of the molecule is CN(Cc1cc2ccccc2s1)Cc1c(C(=O)N2CCCC2)nc2ccccn12. The Balaban J connectivity index is 1.43. The number of carbonyl (C=O) groups is 1. The molecular formula is C23H24N4OS. The first-order valence-corrected chi connectivity index (χ1v) is 10.9. The molecule has 0 unspecified atom stereocenters. The molecule has 148 valence electrons. The zero-order chi connectivity index (χ0) is 19.8. The molecule has 5 rings (SSSR count). The summed E-state index contributed by atoms with van der Waals surface area (Å²) in [7, 11) is 2.11. The van der Waals surface area contributed by atoms with Crippen molar-refractivity contribution in [2.24, 2.45) is 0 Å². The van der Waals surface area contributed by atoms with Gasteiger partial charge in [0.25, 0.3) is 5.91 Å². The summed E-state index contributed by atoms with van der Waals surface area (Å²) in [5.41, 5.74) is 2.41. The fourth-order valence-corrected chi connectivity index (χ4v) is 5.28. The number of imidazole rings is 1. The van der Waals surface area contributed by atoms with E-state index in [0.29, 0.717) is 12.2 Å². The lowest BCUT2D eigenvalue weighted by Gasteiger charge is -2.18. The summed E-state index contributed by atoms with van der Waals surface area (Å²) >= 11 is 1.83. The number of amides is 1. The lowest BCUT2D eigenvalue weighted by atomic mass is 10.2. The third kappa shape index (κ3) is 3.54. The Labute approximate surface area is 174 Å². The van der Waals surface area contributed by atoms with Crippen LogP contribution in [0.4, 0.5) is 0 Å². The van der Waals surface area contributed by atoms with Crippen molar-refractivity contribution in [2.75, 3.05) is 20.1 Å². The van der Waals surface area contributed by atoms with Gasteiger partial charge in [-0.25, -0.2) is 4.98 Å². The Morgan fingerprint density at radius 2 is 1.90 bits per heavy atom. The van der Waals surface area contributed by atoms with Crippen molar-refractivity contribution < 1.29 is 4.79 Å². The van der Waals surface area contributed by atoms with Crippen LogP contribution >= 0.6 is 11.3 Å². The quantitative estimate of drug-likeness (QED) is 0.494. The smallest absolute Gasteiger partial charge is 0.274 e. The molecule has 1 aromatic carbocycles. The summed E-state index contributed by atoms with van der Waals surface area (Å²) in [5, 5.41) is 1.29. The Kier molecular flexibility index (Phi) is 4.81. The van der Waals surface area contributed by atoms with E-state index in [9.17, 15) is 4.79 Å². The molecule has 0 aliphatic carbocycles. The van der Waals surface area contributed by atoms with E-state index in [0.717, 1.165) is 43.8 Å². The summed E-state index contributed by atoms with van der Waals surface area (Å²) in [4.78, 5) is 23.4. The Bertz CT molecular complexity index is 1140. The molecule has 0 saturated carbocycles. The standard InChI is InChI=1S/C23H24N4OS/c1-25(15-18-14-17-8-2-3-9-20(17)29-18)16-19-22(23(28)26-11-6-7-12-26)24-21-10-4-5-13-27(19)21/h2-5,8-10,13-14H,6-7,11-12,15-16H2,1H3. The predicted molar refractivity (Wildman–Crippen MR) is 117 cm³/mol. The third-order valence-electron chi connectivity index (χ3n) is 5.55. The highest BCUT2D eigenvalue weighted by molar-refractivity contribution is 7.19. The molecule has 1 aliphatic heterocycles. The van der Waals surface area contributed by atoms with Crippen molar-refractivity contribution in [3.63, 3.8) is 0 Å². The molecule has 1 saturated heterocycles. The van der Waals surface area contributed by atoms with Crippen LogP contribution in [0.1, 0.15) is 33.9 Å². The van der Waals surface area contributed by atoms with Crippen LogP contribution in [0.25, 0.3) is 15.7 Å². The van der Waals surface area contributed by atoms with E-state index in [1.807, 2.05) is 40.6 Å². The second kappa shape index (κ2) is 7.61. The van der Waals surface area contributed by atoms with Gasteiger partial charge in [0.15, 0.2) is 5.69 Å². The number of nitrogens with zero attached hydrogens (tertiary/aromatic N) is 4. The van der Waals surface area contributed by atoms with Crippen LogP contribution in [-0.2, 0) is 13.1 Å². The third-order valence-corrected chi connectivity index (χ3v) is 6.65. The summed E-state index contributed by atoms with van der Waals surface area (Å²) in [6.07, 6.45) is 4.17. The Hall–Kier alpha value is -2.70. The van der Waals surface area contributed by atoms with Crippen molar-refractivity contribution in [3.8, 4) is 0 Å². The first-order valence-electron chi connectivity index (χ1n) is 10.1. The molecule has 0 atom stereocenters. The van der Waals surface area contributed by atoms with E-state index in [4.69, 9.17) is 4.98 Å². The van der Waals surface area contributed by atoms with Crippen molar-refractivity contribution >= 4 is 33.0 Å². The topological polar surface area (TPSA) is 40.9 Å². The molecule has 1 aliphatic rings. The molecule has 0 bridgehead atoms. The number of carbonyl (C=O) groups excluding carboxylic acids is 1. The van der Waals surface area contributed by atoms with Crippen molar-refractivity contribution in [2.45, 2.75) is 25.9 Å². The number of thiophene rings is 1. The maximum Gasteiger partial charge on any atom is 0.274 e. The largest absolute Gasteiger partial charge is 0.337 e. The molecule has 3 aromatic heterocycles. The van der Waals surface area contributed by atoms with E-state index in [1.54, 1.807) is 0 Å². The van der Waals surface area contributed by atoms with Gasteiger partial charge >= 0.3 is 0 Å². The normalized spacial score (nSPS) is 14.5. The maximum atomic E-state index is 13.1. The van der Waals surface area contributed by atoms with Crippen molar-refractivity contribution in [3.05, 3.63) is 71.0 Å². The fraction of sp³-hybridized carbons (Fsp3) is 0.304. The van der Waals surface area contributed by atoms with Crippen LogP contribution in [0.5, 0.6) is 0 Å². The molecule has 0 N–H and O–H groups in total. The first kappa shape index (κ1) is 18.3. The maximum absolute atomic E-state index is 13.1. The molecule has 1 fully saturated rings. The molecule has 5 nitrogen and oxygen atoms in total. The highest BCUT2D eigenvalue weighted by atomic mass is 32.1. The molecule has 0 radical (unpaired) electrons. The van der Waals surface area contributed by atoms with E-state index in [2.05, 4.69) is 46.7 Å². The van der Waals surface area contributed by atoms with Gasteiger partial charge in [-0.2, -0.15) is 0 Å². The minimum atomic E-state index is 0.0662. The van der Waals surface area contributed by atoms with Gasteiger partial charge in [-0.15, -0.1) is 11.3 Å². The van der Waals surface area contributed by atoms with Gasteiger partial charge in [0.1, 0.15) is 5.65 Å². The summed E-state index contributed by atoms with van der Waals surface area (Å²) in [6.45, 7) is 3.19. The van der Waals surface area contributed by atoms with E-state index in [-0.39, 0.29) is 5.91 Å². The number of rotatable bonds is 5. The number of aromatic nitrogens is 2. The summed E-state index contributed by atoms with van der Waals surface area (Å²) in [5.74, 6) is 0.0662. The van der Waals surface area contributed by atoms with Crippen molar-refractivity contribution in [1.82, 2.24) is 19.2 Å². The van der Waals surface area contributed by atoms with Crippen LogP contribution in [-0.4, -0.2) is 45.2 Å². The Morgan fingerprint density at radius 1 is 1.10 bits per heavy atom. The van der Waals surface area contributed by atoms with Gasteiger partial charge in [0, 0.05) is 42.0 Å². The van der Waals surface area contributed by atoms with Crippen LogP contribution in [0.15, 0.2) is 54.7 Å². The van der Waals surface area contributed by atoms with Gasteiger partial charge < -0.3 is 9.30 Å². The number of hydrogen-bond donors (Lipinski definition) is 0. The van der Waals surface area contributed by atoms with Gasteiger partial charge in [0.05, 0.1) is 5.69 Å². The molecule has 4 aromatic rings. The predicted octanol–water partition coefficient (Wildman–Crippen LogP) is 4.42. The minimum absolute atomic E-state index is 0.0662. The molecule has 1 amide bonds. The second-order valence-electron chi connectivity index (χ2n) is 7.76. The van der Waals surface area contributed by atoms with Gasteiger partial charge in [-0.1, -0.05) is 24.3 Å². The zero-order valence-electron chi connectivity index (χ0n) is 16.5. The lowest BCUT2D eigenvalue weighted by Crippen LogP contribution is -2.30. The number of likely N-dealkylation sites (tertiary alicyclic amines) is 1. The second-order valence-corrected chi connectivity index (χ2v) is 8.93. The lowest BCUT2D eigenvalue weighted by molar-refractivity contribution is 0.0785. The minimum Gasteiger partial charge on any atom is -0.337 e. The van der Waals surface area contributed by atoms with Crippen LogP contribution < -0.4 is 0 Å². The van der Waals surface area contributed by atoms with Gasteiger partial charge in [0.2, 0.25) is 0 Å². The highest BCUT2D eigenvalue weighted by Gasteiger charge is 2.26. The number of pyridine rings is 1. The van der Waals surface area contributed by atoms with Crippen LogP contribution in [0.3, 0.4) is 0 Å². The Morgan fingerprint density at radius 3 is 2.72 bits per heavy atom. The highest BCUT2D eigenvalue weighted by Crippen LogP contribution is 2.27. The monoisotopic (exact) mass is 404 g/mol. The van der Waals surface area contributed by atoms with E-state index in [1.165, 1.54) is 15.0 Å². The number of hydrogen-bond acceptors (Lipinski definition) is 4. The first-order chi connectivity index (χ1) is 14.2. The van der Waals surface area contributed by atoms with Crippen LogP contribution in [0.2, 0.25) is 0 Å². The average Bonchev–Trinajstić information content (AvgIpc) is 3.46. The average molecular weight is 405 g/mol. The van der Waals surface area contributed by atoms with Crippen molar-refractivity contribution in [1.29, 1.82) is 0 Å². The van der Waals surface area contributed by atoms with Gasteiger partial charge in [-0.05, 0) is 49.5 Å². The molecule has 29 heavy (non-hydrogen) atoms. The zero-order valence-corrected chi connectivity index (χ0v) is 17.4. The molecule has 6 heteroatoms. The number of benzene rings is 1. The number of fused-ring (bicyclic) bond motifs is 2. The van der Waals surface area contributed by atoms with Gasteiger partial charge in [-0.3, -0.25) is 9.69 Å². The molecular weight excluding hydrogens is 380 g/mol. The summed E-state index contributed by atoms with van der Waals surface area (Å²) < 4.78 is 3.38. The fourth-order valence-electron chi connectivity index (χ4n) is 4.13. The van der Waals surface area contributed by atoms with Crippen LogP contribution in [0, 0.1) is 0 Å².